The van der Waals surface area contributed by atoms with Gasteiger partial charge in [0.15, 0.2) is 0 Å². The Morgan fingerprint density at radius 2 is 1.50 bits per heavy atom. The van der Waals surface area contributed by atoms with Gasteiger partial charge in [0.1, 0.15) is 0 Å². The summed E-state index contributed by atoms with van der Waals surface area (Å²) in [6.45, 7) is -0.986. The first-order valence-electron chi connectivity index (χ1n) is 7.35. The van der Waals surface area contributed by atoms with Crippen molar-refractivity contribution >= 4 is 71.4 Å². The van der Waals surface area contributed by atoms with Crippen LogP contribution in [0.15, 0.2) is 53.4 Å². The minimum absolute atomic E-state index is 0. The second-order valence-electron chi connectivity index (χ2n) is 5.07. The molecule has 12 heteroatoms. The van der Waals surface area contributed by atoms with Crippen LogP contribution in [-0.4, -0.2) is 70.8 Å². The maximum Gasteiger partial charge on any atom is 2.00 e. The van der Waals surface area contributed by atoms with Gasteiger partial charge in [-0.15, -0.1) is 0 Å². The minimum Gasteiger partial charge on any atom is -0.839 e. The van der Waals surface area contributed by atoms with Gasteiger partial charge in [-0.05, 0) is 30.3 Å². The van der Waals surface area contributed by atoms with Gasteiger partial charge in [0, 0.05) is 16.8 Å². The second-order valence-corrected chi connectivity index (χ2v) is 6.75. The van der Waals surface area contributed by atoms with Crippen molar-refractivity contribution in [1.82, 2.24) is 10.0 Å². The molecule has 0 heterocycles. The number of nitrogens with one attached hydrogen (secondary N) is 3. The number of hydrogen-bond acceptors (Lipinski definition) is 7. The number of carboxylic acids is 1. The first-order chi connectivity index (χ1) is 12.7. The minimum atomic E-state index is -4.20. The number of anilines is 1. The summed E-state index contributed by atoms with van der Waals surface area (Å²) in [5, 5.41) is 25.5. The molecule has 2 aromatic carbocycles. The van der Waals surface area contributed by atoms with Gasteiger partial charge in [0.25, 0.3) is 15.9 Å². The number of rotatable bonds is 6. The van der Waals surface area contributed by atoms with Crippen molar-refractivity contribution in [3.05, 3.63) is 59.7 Å². The van der Waals surface area contributed by atoms with Crippen LogP contribution >= 0.6 is 0 Å². The fourth-order valence-corrected chi connectivity index (χ4v) is 2.99. The van der Waals surface area contributed by atoms with E-state index in [1.54, 1.807) is 10.0 Å². The van der Waals surface area contributed by atoms with Crippen LogP contribution in [0.4, 0.5) is 10.5 Å². The smallest absolute Gasteiger partial charge is 0.839 e. The average molecular weight is 431 g/mol. The molecule has 0 aromatic heterocycles. The summed E-state index contributed by atoms with van der Waals surface area (Å²) >= 11 is 0. The third-order valence-electron chi connectivity index (χ3n) is 3.27. The molecule has 0 bridgehead atoms. The van der Waals surface area contributed by atoms with Crippen molar-refractivity contribution < 1.29 is 33.0 Å². The maximum absolute atomic E-state index is 12.2. The molecule has 0 atom stereocenters. The van der Waals surface area contributed by atoms with E-state index in [0.29, 0.717) is 0 Å². The quantitative estimate of drug-likeness (QED) is 0.359. The van der Waals surface area contributed by atoms with Gasteiger partial charge in [-0.2, -0.15) is 0 Å². The van der Waals surface area contributed by atoms with Gasteiger partial charge in [-0.25, -0.2) is 17.9 Å². The molecule has 28 heavy (non-hydrogen) atoms. The summed E-state index contributed by atoms with van der Waals surface area (Å²) in [7, 11) is -4.20. The molecular formula is C16H13CaN3O7S. The van der Waals surface area contributed by atoms with Crippen LogP contribution in [-0.2, 0) is 10.0 Å². The van der Waals surface area contributed by atoms with Crippen molar-refractivity contribution in [3.63, 3.8) is 0 Å². The van der Waals surface area contributed by atoms with Crippen molar-refractivity contribution in [2.75, 3.05) is 12.0 Å². The van der Waals surface area contributed by atoms with Crippen molar-refractivity contribution in [2.45, 2.75) is 4.90 Å². The van der Waals surface area contributed by atoms with Crippen LogP contribution in [0.2, 0.25) is 0 Å². The molecule has 0 aliphatic rings. The number of aromatic carboxylic acids is 1. The number of sulfonamides is 1. The molecule has 0 saturated heterocycles. The van der Waals surface area contributed by atoms with Crippen molar-refractivity contribution in [2.24, 2.45) is 0 Å². The number of carbonyl (C=O) groups excluding carboxylic acids is 3. The van der Waals surface area contributed by atoms with E-state index in [-0.39, 0.29) is 59.4 Å². The summed E-state index contributed by atoms with van der Waals surface area (Å²) in [6, 6.07) is 9.02. The van der Waals surface area contributed by atoms with E-state index < -0.39 is 34.7 Å². The first kappa shape index (κ1) is 23.9. The summed E-state index contributed by atoms with van der Waals surface area (Å²) in [5.74, 6) is -2.23. The first-order valence-corrected chi connectivity index (χ1v) is 8.83. The van der Waals surface area contributed by atoms with Gasteiger partial charge in [-0.3, -0.25) is 4.79 Å². The fourth-order valence-electron chi connectivity index (χ4n) is 2.06. The molecule has 0 aliphatic carbocycles. The summed E-state index contributed by atoms with van der Waals surface area (Å²) in [6.07, 6.45) is 0. The molecule has 3 N–H and O–H groups in total. The molecular weight excluding hydrogens is 418 g/mol. The molecule has 2 aromatic rings. The van der Waals surface area contributed by atoms with Crippen LogP contribution in [0.3, 0.4) is 0 Å². The van der Waals surface area contributed by atoms with E-state index in [9.17, 15) is 33.0 Å². The van der Waals surface area contributed by atoms with Gasteiger partial charge in [-0.1, -0.05) is 24.9 Å². The van der Waals surface area contributed by atoms with Gasteiger partial charge in [0.2, 0.25) is 0 Å². The van der Waals surface area contributed by atoms with E-state index in [0.717, 1.165) is 12.1 Å². The largest absolute Gasteiger partial charge is 2.00 e. The molecule has 0 aliphatic heterocycles. The molecule has 142 valence electrons. The zero-order valence-electron chi connectivity index (χ0n) is 14.3. The number of hydrogen-bond donors (Lipinski definition) is 3. The van der Waals surface area contributed by atoms with E-state index >= 15 is 0 Å². The summed E-state index contributed by atoms with van der Waals surface area (Å²) in [4.78, 5) is 34.2. The molecule has 0 spiro atoms. The Labute approximate surface area is 190 Å². The molecule has 0 radical (unpaired) electrons. The SMILES string of the molecule is O=C(NC[O-])NS(=O)(=O)c1ccc(NC(=O)c2ccccc2C(=O)[O-])cc1.[Ca+2]. The Morgan fingerprint density at radius 1 is 0.929 bits per heavy atom. The van der Waals surface area contributed by atoms with Crippen LogP contribution < -0.4 is 25.6 Å². The van der Waals surface area contributed by atoms with Crippen LogP contribution in [0.1, 0.15) is 20.7 Å². The number of carboxylic acid groups (broad SMARTS) is 1. The van der Waals surface area contributed by atoms with Gasteiger partial charge in [0.05, 0.1) is 10.9 Å². The third kappa shape index (κ3) is 6.17. The Balaban J connectivity index is 0.00000392. The fraction of sp³-hybridized carbons (Fsp3) is 0.0625. The maximum atomic E-state index is 12.2. The Morgan fingerprint density at radius 3 is 2.04 bits per heavy atom. The topological polar surface area (TPSA) is 168 Å². The zero-order valence-corrected chi connectivity index (χ0v) is 17.3. The predicted molar refractivity (Wildman–Crippen MR) is 94.6 cm³/mol. The molecule has 0 fully saturated rings. The molecule has 0 saturated carbocycles. The van der Waals surface area contributed by atoms with Crippen LogP contribution in [0.25, 0.3) is 0 Å². The number of urea groups is 1. The average Bonchev–Trinajstić information content (AvgIpc) is 2.61. The zero-order chi connectivity index (χ0) is 20.0. The Kier molecular flexibility index (Phi) is 8.85. The summed E-state index contributed by atoms with van der Waals surface area (Å²) < 4.78 is 25.6. The van der Waals surface area contributed by atoms with Crippen molar-refractivity contribution in [1.29, 1.82) is 0 Å². The van der Waals surface area contributed by atoms with Crippen molar-refractivity contribution in [3.8, 4) is 0 Å². The molecule has 2 rings (SSSR count). The van der Waals surface area contributed by atoms with Gasteiger partial charge < -0.3 is 25.6 Å². The van der Waals surface area contributed by atoms with E-state index in [4.69, 9.17) is 0 Å². The van der Waals surface area contributed by atoms with E-state index in [2.05, 4.69) is 5.32 Å². The molecule has 0 unspecified atom stereocenters. The summed E-state index contributed by atoms with van der Waals surface area (Å²) in [5.41, 5.74) is -0.218. The number of benzene rings is 2. The van der Waals surface area contributed by atoms with Crippen LogP contribution in [0, 0.1) is 0 Å². The second kappa shape index (κ2) is 10.4. The number of carbonyl (C=O) groups is 3. The number of amides is 3. The molecule has 3 amide bonds. The van der Waals surface area contributed by atoms with E-state index in [1.807, 2.05) is 0 Å². The predicted octanol–water partition coefficient (Wildman–Crippen LogP) is -1.77. The Hall–Kier alpha value is -2.18. The molecule has 10 nitrogen and oxygen atoms in total. The van der Waals surface area contributed by atoms with E-state index in [1.165, 1.54) is 36.4 Å². The normalized spacial score (nSPS) is 10.3. The van der Waals surface area contributed by atoms with Crippen LogP contribution in [0.5, 0.6) is 0 Å². The monoisotopic (exact) mass is 431 g/mol. The Bertz CT molecular complexity index is 978. The standard InChI is InChI=1S/C16H14N3O7S.Ca/c20-9-17-16(24)19-27(25,26)11-7-5-10(6-8-11)18-14(21)12-3-1-2-4-13(12)15(22)23;/h1-8H,9H2,(H,18,21)(H,22,23)(H2,17,19,24);/q-1;+2/p-1. The third-order valence-corrected chi connectivity index (χ3v) is 4.62. The van der Waals surface area contributed by atoms with Gasteiger partial charge >= 0.3 is 43.8 Å².